The number of aromatic nitrogens is 2. The third kappa shape index (κ3) is 3.52. The number of aryl methyl sites for hydroxylation is 1. The molecule has 7 heteroatoms. The molecule has 0 unspecified atom stereocenters. The van der Waals surface area contributed by atoms with Crippen molar-refractivity contribution in [3.8, 4) is 0 Å². The van der Waals surface area contributed by atoms with Crippen molar-refractivity contribution in [3.05, 3.63) is 5.69 Å². The largest absolute Gasteiger partial charge is 0.381 e. The molecule has 0 spiro atoms. The number of nitrogen functional groups attached to an aromatic ring is 1. The van der Waals surface area contributed by atoms with Gasteiger partial charge in [0.2, 0.25) is 10.0 Å². The average molecular weight is 302 g/mol. The Morgan fingerprint density at radius 3 is 2.05 bits per heavy atom. The van der Waals surface area contributed by atoms with Crippen LogP contribution in [-0.4, -0.2) is 35.6 Å². The lowest BCUT2D eigenvalue weighted by Crippen LogP contribution is -2.33. The van der Waals surface area contributed by atoms with Gasteiger partial charge in [-0.05, 0) is 19.8 Å². The number of anilines is 1. The second kappa shape index (κ2) is 7.08. The summed E-state index contributed by atoms with van der Waals surface area (Å²) in [6.07, 6.45) is 3.61. The SMILES string of the molecule is CCCCN(CCCC)S(=O)(=O)c1c(N)nn(C)c1C. The van der Waals surface area contributed by atoms with E-state index in [4.69, 9.17) is 5.73 Å². The van der Waals surface area contributed by atoms with Crippen LogP contribution in [0.4, 0.5) is 5.82 Å². The van der Waals surface area contributed by atoms with E-state index in [1.165, 1.54) is 4.68 Å². The normalized spacial score (nSPS) is 12.2. The first-order valence-corrected chi connectivity index (χ1v) is 8.59. The van der Waals surface area contributed by atoms with Gasteiger partial charge >= 0.3 is 0 Å². The van der Waals surface area contributed by atoms with E-state index < -0.39 is 10.0 Å². The summed E-state index contributed by atoms with van der Waals surface area (Å²) >= 11 is 0. The summed E-state index contributed by atoms with van der Waals surface area (Å²) < 4.78 is 28.6. The number of unbranched alkanes of at least 4 members (excludes halogenated alkanes) is 2. The van der Waals surface area contributed by atoms with Gasteiger partial charge in [0.1, 0.15) is 4.90 Å². The molecule has 1 heterocycles. The summed E-state index contributed by atoms with van der Waals surface area (Å²) in [7, 11) is -1.86. The van der Waals surface area contributed by atoms with Crippen LogP contribution in [0.15, 0.2) is 4.90 Å². The summed E-state index contributed by atoms with van der Waals surface area (Å²) in [5, 5.41) is 4.01. The van der Waals surface area contributed by atoms with Crippen molar-refractivity contribution in [1.29, 1.82) is 0 Å². The van der Waals surface area contributed by atoms with Gasteiger partial charge in [0, 0.05) is 20.1 Å². The molecule has 20 heavy (non-hydrogen) atoms. The molecule has 0 aromatic carbocycles. The lowest BCUT2D eigenvalue weighted by molar-refractivity contribution is 0.395. The lowest BCUT2D eigenvalue weighted by Gasteiger charge is -2.21. The monoisotopic (exact) mass is 302 g/mol. The fourth-order valence-electron chi connectivity index (χ4n) is 2.08. The number of sulfonamides is 1. The molecule has 0 aliphatic heterocycles. The van der Waals surface area contributed by atoms with E-state index in [-0.39, 0.29) is 10.7 Å². The molecule has 0 aliphatic rings. The van der Waals surface area contributed by atoms with E-state index in [0.29, 0.717) is 18.8 Å². The number of hydrogen-bond acceptors (Lipinski definition) is 4. The highest BCUT2D eigenvalue weighted by Gasteiger charge is 2.30. The van der Waals surface area contributed by atoms with Crippen molar-refractivity contribution in [2.24, 2.45) is 7.05 Å². The van der Waals surface area contributed by atoms with Gasteiger partial charge in [-0.1, -0.05) is 26.7 Å². The van der Waals surface area contributed by atoms with E-state index in [1.807, 2.05) is 13.8 Å². The molecule has 0 radical (unpaired) electrons. The Morgan fingerprint density at radius 2 is 1.70 bits per heavy atom. The van der Waals surface area contributed by atoms with Crippen molar-refractivity contribution in [2.45, 2.75) is 51.3 Å². The van der Waals surface area contributed by atoms with Crippen LogP contribution in [0.5, 0.6) is 0 Å². The van der Waals surface area contributed by atoms with Crippen LogP contribution < -0.4 is 5.73 Å². The first-order valence-electron chi connectivity index (χ1n) is 7.15. The minimum absolute atomic E-state index is 0.0861. The summed E-state index contributed by atoms with van der Waals surface area (Å²) in [5.41, 5.74) is 6.37. The maximum atomic E-state index is 12.8. The van der Waals surface area contributed by atoms with E-state index in [9.17, 15) is 8.42 Å². The molecule has 116 valence electrons. The molecule has 0 saturated carbocycles. The maximum absolute atomic E-state index is 12.8. The third-order valence-corrected chi connectivity index (χ3v) is 5.49. The number of nitrogens with zero attached hydrogens (tertiary/aromatic N) is 3. The zero-order valence-electron chi connectivity index (χ0n) is 12.9. The summed E-state index contributed by atoms with van der Waals surface area (Å²) in [6.45, 7) is 6.90. The molecule has 1 rings (SSSR count). The molecule has 2 N–H and O–H groups in total. The highest BCUT2D eigenvalue weighted by atomic mass is 32.2. The number of rotatable bonds is 8. The van der Waals surface area contributed by atoms with Crippen molar-refractivity contribution < 1.29 is 8.42 Å². The molecule has 0 aliphatic carbocycles. The van der Waals surface area contributed by atoms with Crippen LogP contribution in [0.2, 0.25) is 0 Å². The van der Waals surface area contributed by atoms with Crippen molar-refractivity contribution in [3.63, 3.8) is 0 Å². The topological polar surface area (TPSA) is 81.2 Å². The van der Waals surface area contributed by atoms with Gasteiger partial charge < -0.3 is 5.73 Å². The minimum atomic E-state index is -3.56. The highest BCUT2D eigenvalue weighted by Crippen LogP contribution is 2.25. The van der Waals surface area contributed by atoms with Gasteiger partial charge in [0.25, 0.3) is 0 Å². The van der Waals surface area contributed by atoms with Gasteiger partial charge in [-0.25, -0.2) is 8.42 Å². The Balaban J connectivity index is 3.14. The molecule has 0 atom stereocenters. The maximum Gasteiger partial charge on any atom is 0.248 e. The molecule has 1 aromatic rings. The van der Waals surface area contributed by atoms with E-state index >= 15 is 0 Å². The molecule has 0 amide bonds. The molecule has 6 nitrogen and oxygen atoms in total. The first kappa shape index (κ1) is 17.0. The van der Waals surface area contributed by atoms with E-state index in [1.54, 1.807) is 18.3 Å². The molecular weight excluding hydrogens is 276 g/mol. The van der Waals surface area contributed by atoms with Crippen molar-refractivity contribution >= 4 is 15.8 Å². The van der Waals surface area contributed by atoms with Crippen molar-refractivity contribution in [1.82, 2.24) is 14.1 Å². The third-order valence-electron chi connectivity index (χ3n) is 3.42. The Hall–Kier alpha value is -1.08. The van der Waals surface area contributed by atoms with E-state index in [2.05, 4.69) is 5.10 Å². The van der Waals surface area contributed by atoms with Gasteiger partial charge in [-0.2, -0.15) is 9.40 Å². The van der Waals surface area contributed by atoms with Crippen LogP contribution in [-0.2, 0) is 17.1 Å². The van der Waals surface area contributed by atoms with Gasteiger partial charge in [0.05, 0.1) is 5.69 Å². The Kier molecular flexibility index (Phi) is 6.01. The van der Waals surface area contributed by atoms with Crippen LogP contribution in [0.25, 0.3) is 0 Å². The van der Waals surface area contributed by atoms with E-state index in [0.717, 1.165) is 25.7 Å². The first-order chi connectivity index (χ1) is 9.36. The molecular formula is C13H26N4O2S. The van der Waals surface area contributed by atoms with Crippen molar-refractivity contribution in [2.75, 3.05) is 18.8 Å². The number of nitrogens with two attached hydrogens (primary N) is 1. The van der Waals surface area contributed by atoms with Gasteiger partial charge in [-0.15, -0.1) is 0 Å². The zero-order valence-corrected chi connectivity index (χ0v) is 13.7. The summed E-state index contributed by atoms with van der Waals surface area (Å²) in [4.78, 5) is 0.159. The highest BCUT2D eigenvalue weighted by molar-refractivity contribution is 7.89. The van der Waals surface area contributed by atoms with Crippen LogP contribution in [0.1, 0.15) is 45.2 Å². The Bertz CT molecular complexity index is 529. The molecule has 1 aromatic heterocycles. The smallest absolute Gasteiger partial charge is 0.248 e. The average Bonchev–Trinajstić information content (AvgIpc) is 2.63. The summed E-state index contributed by atoms with van der Waals surface area (Å²) in [5.74, 6) is 0.0861. The zero-order chi connectivity index (χ0) is 15.3. The standard InChI is InChI=1S/C13H26N4O2S/c1-5-7-9-17(10-8-6-2)20(18,19)12-11(3)16(4)15-13(12)14/h5-10H2,1-4H3,(H2,14,15). The van der Waals surface area contributed by atoms with Crippen LogP contribution >= 0.6 is 0 Å². The lowest BCUT2D eigenvalue weighted by atomic mass is 10.3. The minimum Gasteiger partial charge on any atom is -0.381 e. The summed E-state index contributed by atoms with van der Waals surface area (Å²) in [6, 6.07) is 0. The Morgan fingerprint density at radius 1 is 1.20 bits per heavy atom. The quantitative estimate of drug-likeness (QED) is 0.795. The van der Waals surface area contributed by atoms with Gasteiger partial charge in [-0.3, -0.25) is 4.68 Å². The fourth-order valence-corrected chi connectivity index (χ4v) is 3.89. The Labute approximate surface area is 122 Å². The van der Waals surface area contributed by atoms with Gasteiger partial charge in [0.15, 0.2) is 5.82 Å². The van der Waals surface area contributed by atoms with Crippen LogP contribution in [0, 0.1) is 6.92 Å². The molecule has 0 saturated heterocycles. The second-order valence-corrected chi connectivity index (χ2v) is 6.91. The predicted octanol–water partition coefficient (Wildman–Crippen LogP) is 1.90. The number of hydrogen-bond donors (Lipinski definition) is 1. The van der Waals surface area contributed by atoms with Crippen LogP contribution in [0.3, 0.4) is 0 Å². The fraction of sp³-hybridized carbons (Fsp3) is 0.769. The molecule has 0 fully saturated rings. The second-order valence-electron chi connectivity index (χ2n) is 5.03. The molecule has 0 bridgehead atoms. The predicted molar refractivity (Wildman–Crippen MR) is 80.9 cm³/mol.